The highest BCUT2D eigenvalue weighted by atomic mass is 16.1. The average Bonchev–Trinajstić information content (AvgIpc) is 1.79. The zero-order valence-electron chi connectivity index (χ0n) is 6.89. The summed E-state index contributed by atoms with van der Waals surface area (Å²) in [5, 5.41) is 0. The second-order valence-corrected chi connectivity index (χ2v) is 3.11. The van der Waals surface area contributed by atoms with Crippen LogP contribution in [0.5, 0.6) is 0 Å². The molecule has 0 spiro atoms. The van der Waals surface area contributed by atoms with Crippen molar-refractivity contribution in [2.45, 2.75) is 39.5 Å². The molecule has 2 heteroatoms. The molecule has 1 amide bonds. The van der Waals surface area contributed by atoms with Crippen LogP contribution >= 0.6 is 0 Å². The third kappa shape index (κ3) is 7.47. The minimum Gasteiger partial charge on any atom is -0.370 e. The van der Waals surface area contributed by atoms with E-state index in [9.17, 15) is 4.79 Å². The van der Waals surface area contributed by atoms with Gasteiger partial charge in [-0.15, -0.1) is 0 Å². The van der Waals surface area contributed by atoms with E-state index in [4.69, 9.17) is 5.73 Å². The Hall–Kier alpha value is -0.530. The van der Waals surface area contributed by atoms with Crippen LogP contribution in [-0.4, -0.2) is 5.91 Å². The molecule has 0 atom stereocenters. The number of amides is 1. The highest BCUT2D eigenvalue weighted by Gasteiger charge is 1.96. The molecular formula is C8H17NO. The van der Waals surface area contributed by atoms with Gasteiger partial charge in [0.1, 0.15) is 0 Å². The predicted molar refractivity (Wildman–Crippen MR) is 42.5 cm³/mol. The third-order valence-corrected chi connectivity index (χ3v) is 1.45. The molecular weight excluding hydrogens is 126 g/mol. The molecule has 0 saturated carbocycles. The summed E-state index contributed by atoms with van der Waals surface area (Å²) >= 11 is 0. The van der Waals surface area contributed by atoms with Gasteiger partial charge in [-0.3, -0.25) is 4.79 Å². The molecule has 2 nitrogen and oxygen atoms in total. The number of primary amides is 1. The Morgan fingerprint density at radius 1 is 1.40 bits per heavy atom. The molecule has 0 aromatic carbocycles. The summed E-state index contributed by atoms with van der Waals surface area (Å²) in [5.41, 5.74) is 4.97. The molecule has 0 aliphatic rings. The number of nitrogens with two attached hydrogens (primary N) is 1. The van der Waals surface area contributed by atoms with E-state index in [0.717, 1.165) is 18.8 Å². The van der Waals surface area contributed by atoms with Crippen molar-refractivity contribution < 1.29 is 4.79 Å². The smallest absolute Gasteiger partial charge is 0.217 e. The Morgan fingerprint density at radius 2 is 2.00 bits per heavy atom. The third-order valence-electron chi connectivity index (χ3n) is 1.45. The molecule has 60 valence electrons. The molecule has 0 unspecified atom stereocenters. The average molecular weight is 143 g/mol. The van der Waals surface area contributed by atoms with Crippen LogP contribution < -0.4 is 5.73 Å². The van der Waals surface area contributed by atoms with E-state index in [1.807, 2.05) is 0 Å². The lowest BCUT2D eigenvalue weighted by molar-refractivity contribution is -0.118. The minimum atomic E-state index is -0.177. The molecule has 10 heavy (non-hydrogen) atoms. The second-order valence-electron chi connectivity index (χ2n) is 3.11. The lowest BCUT2D eigenvalue weighted by Crippen LogP contribution is -2.09. The van der Waals surface area contributed by atoms with E-state index in [-0.39, 0.29) is 5.91 Å². The standard InChI is InChI=1S/C8H17NO/c1-7(2)5-3-4-6-8(9)10/h7H,3-6H2,1-2H3,(H2,9,10). The fraction of sp³-hybridized carbons (Fsp3) is 0.875. The quantitative estimate of drug-likeness (QED) is 0.585. The maximum absolute atomic E-state index is 10.3. The summed E-state index contributed by atoms with van der Waals surface area (Å²) in [5.74, 6) is 0.566. The normalized spacial score (nSPS) is 10.3. The predicted octanol–water partition coefficient (Wildman–Crippen LogP) is 1.69. The van der Waals surface area contributed by atoms with Crippen LogP contribution in [0.4, 0.5) is 0 Å². The van der Waals surface area contributed by atoms with Crippen LogP contribution in [0.2, 0.25) is 0 Å². The highest BCUT2D eigenvalue weighted by molar-refractivity contribution is 5.73. The molecule has 0 aliphatic heterocycles. The minimum absolute atomic E-state index is 0.177. The van der Waals surface area contributed by atoms with E-state index < -0.39 is 0 Å². The lowest BCUT2D eigenvalue weighted by atomic mass is 10.1. The molecule has 0 aromatic rings. The molecule has 0 radical (unpaired) electrons. The molecule has 0 saturated heterocycles. The Labute approximate surface area is 62.8 Å². The summed E-state index contributed by atoms with van der Waals surface area (Å²) in [6.45, 7) is 4.37. The molecule has 0 fully saturated rings. The van der Waals surface area contributed by atoms with E-state index in [0.29, 0.717) is 6.42 Å². The fourth-order valence-electron chi connectivity index (χ4n) is 0.852. The number of rotatable bonds is 5. The zero-order chi connectivity index (χ0) is 7.98. The first-order chi connectivity index (χ1) is 4.63. The van der Waals surface area contributed by atoms with Crippen molar-refractivity contribution in [3.63, 3.8) is 0 Å². The Balaban J connectivity index is 2.98. The summed E-state index contributed by atoms with van der Waals surface area (Å²) in [7, 11) is 0. The van der Waals surface area contributed by atoms with Gasteiger partial charge in [0, 0.05) is 6.42 Å². The maximum Gasteiger partial charge on any atom is 0.217 e. The monoisotopic (exact) mass is 143 g/mol. The molecule has 0 aliphatic carbocycles. The highest BCUT2D eigenvalue weighted by Crippen LogP contribution is 2.07. The summed E-state index contributed by atoms with van der Waals surface area (Å²) in [4.78, 5) is 10.3. The van der Waals surface area contributed by atoms with Crippen LogP contribution in [0.3, 0.4) is 0 Å². The van der Waals surface area contributed by atoms with Gasteiger partial charge < -0.3 is 5.73 Å². The van der Waals surface area contributed by atoms with Crippen molar-refractivity contribution in [1.29, 1.82) is 0 Å². The van der Waals surface area contributed by atoms with Gasteiger partial charge in [0.15, 0.2) is 0 Å². The van der Waals surface area contributed by atoms with E-state index in [1.54, 1.807) is 0 Å². The Morgan fingerprint density at radius 3 is 2.40 bits per heavy atom. The van der Waals surface area contributed by atoms with E-state index in [2.05, 4.69) is 13.8 Å². The van der Waals surface area contributed by atoms with Gasteiger partial charge >= 0.3 is 0 Å². The van der Waals surface area contributed by atoms with Gasteiger partial charge in [-0.25, -0.2) is 0 Å². The number of carbonyl (C=O) groups is 1. The van der Waals surface area contributed by atoms with Crippen LogP contribution in [-0.2, 0) is 4.79 Å². The van der Waals surface area contributed by atoms with Crippen molar-refractivity contribution in [1.82, 2.24) is 0 Å². The number of hydrogen-bond acceptors (Lipinski definition) is 1. The molecule has 0 bridgehead atoms. The molecule has 0 heterocycles. The van der Waals surface area contributed by atoms with Gasteiger partial charge in [-0.1, -0.05) is 26.7 Å². The second kappa shape index (κ2) is 5.27. The summed E-state index contributed by atoms with van der Waals surface area (Å²) in [6.07, 6.45) is 3.83. The van der Waals surface area contributed by atoms with Gasteiger partial charge in [0.25, 0.3) is 0 Å². The van der Waals surface area contributed by atoms with Crippen LogP contribution in [0.1, 0.15) is 39.5 Å². The summed E-state index contributed by atoms with van der Waals surface area (Å²) < 4.78 is 0. The van der Waals surface area contributed by atoms with Crippen molar-refractivity contribution in [3.05, 3.63) is 0 Å². The van der Waals surface area contributed by atoms with Gasteiger partial charge in [0.2, 0.25) is 5.91 Å². The fourth-order valence-corrected chi connectivity index (χ4v) is 0.852. The SMILES string of the molecule is CC(C)CCCCC(N)=O. The largest absolute Gasteiger partial charge is 0.370 e. The first-order valence-corrected chi connectivity index (χ1v) is 3.91. The molecule has 0 rings (SSSR count). The molecule has 0 aromatic heterocycles. The van der Waals surface area contributed by atoms with E-state index >= 15 is 0 Å². The maximum atomic E-state index is 10.3. The van der Waals surface area contributed by atoms with Crippen molar-refractivity contribution in [3.8, 4) is 0 Å². The van der Waals surface area contributed by atoms with Crippen LogP contribution in [0.15, 0.2) is 0 Å². The first kappa shape index (κ1) is 9.47. The van der Waals surface area contributed by atoms with Gasteiger partial charge in [-0.2, -0.15) is 0 Å². The van der Waals surface area contributed by atoms with Gasteiger partial charge in [-0.05, 0) is 12.3 Å². The van der Waals surface area contributed by atoms with Crippen molar-refractivity contribution in [2.75, 3.05) is 0 Å². The molecule has 2 N–H and O–H groups in total. The summed E-state index contributed by atoms with van der Waals surface area (Å²) in [6, 6.07) is 0. The zero-order valence-corrected chi connectivity index (χ0v) is 6.89. The first-order valence-electron chi connectivity index (χ1n) is 3.91. The number of unbranched alkanes of at least 4 members (excludes halogenated alkanes) is 1. The lowest BCUT2D eigenvalue weighted by Gasteiger charge is -2.01. The number of hydrogen-bond donors (Lipinski definition) is 1. The topological polar surface area (TPSA) is 43.1 Å². The van der Waals surface area contributed by atoms with E-state index in [1.165, 1.54) is 6.42 Å². The van der Waals surface area contributed by atoms with Crippen molar-refractivity contribution in [2.24, 2.45) is 11.7 Å². The Bertz CT molecular complexity index is 99.4. The van der Waals surface area contributed by atoms with Gasteiger partial charge in [0.05, 0.1) is 0 Å². The van der Waals surface area contributed by atoms with Crippen LogP contribution in [0.25, 0.3) is 0 Å². The Kier molecular flexibility index (Phi) is 4.99. The van der Waals surface area contributed by atoms with Crippen molar-refractivity contribution >= 4 is 5.91 Å². The van der Waals surface area contributed by atoms with Crippen LogP contribution in [0, 0.1) is 5.92 Å². The number of carbonyl (C=O) groups excluding carboxylic acids is 1.